The fraction of sp³-hybridized carbons (Fsp3) is 0.333. The molecule has 0 spiro atoms. The minimum absolute atomic E-state index is 0.00498. The monoisotopic (exact) mass is 218 g/mol. The Morgan fingerprint density at radius 1 is 1.50 bits per heavy atom. The number of hydrogen-bond donors (Lipinski definition) is 1. The highest BCUT2D eigenvalue weighted by Crippen LogP contribution is 2.24. The lowest BCUT2D eigenvalue weighted by Crippen LogP contribution is -2.24. The number of hydrogen-bond acceptors (Lipinski definition) is 3. The molecule has 16 heavy (non-hydrogen) atoms. The summed E-state index contributed by atoms with van der Waals surface area (Å²) >= 11 is 0. The molecular formula is C12H14N2O2. The van der Waals surface area contributed by atoms with E-state index < -0.39 is 0 Å². The number of aryl methyl sites for hydroxylation is 2. The summed E-state index contributed by atoms with van der Waals surface area (Å²) in [6, 6.07) is 5.56. The van der Waals surface area contributed by atoms with E-state index in [1.807, 2.05) is 26.0 Å². The molecule has 1 amide bonds. The molecule has 0 atom stereocenters. The van der Waals surface area contributed by atoms with Gasteiger partial charge in [0.1, 0.15) is 12.3 Å². The lowest BCUT2D eigenvalue weighted by molar-refractivity contribution is 0.0955. The number of methoxy groups -OCH3 is 1. The largest absolute Gasteiger partial charge is 0.496 e. The number of amides is 1. The molecule has 1 N–H and O–H groups in total. The van der Waals surface area contributed by atoms with Gasteiger partial charge in [-0.3, -0.25) is 4.79 Å². The third kappa shape index (κ3) is 2.51. The number of nitrogens with one attached hydrogen (secondary N) is 1. The number of nitriles is 1. The normalized spacial score (nSPS) is 9.38. The van der Waals surface area contributed by atoms with Crippen LogP contribution in [0.1, 0.15) is 21.5 Å². The van der Waals surface area contributed by atoms with E-state index in [1.54, 1.807) is 6.07 Å². The van der Waals surface area contributed by atoms with Crippen molar-refractivity contribution >= 4 is 5.91 Å². The second-order valence-corrected chi connectivity index (χ2v) is 3.50. The predicted octanol–water partition coefficient (Wildman–Crippen LogP) is 1.57. The van der Waals surface area contributed by atoms with Gasteiger partial charge < -0.3 is 10.1 Å². The van der Waals surface area contributed by atoms with Crippen LogP contribution in [0.15, 0.2) is 12.1 Å². The molecule has 1 aromatic carbocycles. The van der Waals surface area contributed by atoms with Crippen LogP contribution in [0.5, 0.6) is 5.75 Å². The van der Waals surface area contributed by atoms with Crippen LogP contribution in [0, 0.1) is 25.2 Å². The van der Waals surface area contributed by atoms with Crippen LogP contribution in [0.4, 0.5) is 0 Å². The number of carbonyl (C=O) groups is 1. The molecule has 0 saturated heterocycles. The molecule has 0 unspecified atom stereocenters. The average molecular weight is 218 g/mol. The Labute approximate surface area is 94.8 Å². The van der Waals surface area contributed by atoms with E-state index in [0.717, 1.165) is 11.1 Å². The molecule has 0 fully saturated rings. The van der Waals surface area contributed by atoms with Crippen LogP contribution >= 0.6 is 0 Å². The molecule has 0 aliphatic carbocycles. The first kappa shape index (κ1) is 12.1. The van der Waals surface area contributed by atoms with Crippen molar-refractivity contribution in [2.45, 2.75) is 13.8 Å². The van der Waals surface area contributed by atoms with Crippen LogP contribution < -0.4 is 10.1 Å². The van der Waals surface area contributed by atoms with Crippen LogP contribution in [0.2, 0.25) is 0 Å². The number of nitrogens with zero attached hydrogens (tertiary/aromatic N) is 1. The molecular weight excluding hydrogens is 204 g/mol. The van der Waals surface area contributed by atoms with Gasteiger partial charge in [0, 0.05) is 0 Å². The van der Waals surface area contributed by atoms with Crippen molar-refractivity contribution in [2.24, 2.45) is 0 Å². The maximum absolute atomic E-state index is 11.7. The number of rotatable bonds is 3. The highest BCUT2D eigenvalue weighted by Gasteiger charge is 2.14. The zero-order chi connectivity index (χ0) is 12.1. The van der Waals surface area contributed by atoms with E-state index in [0.29, 0.717) is 11.3 Å². The Hall–Kier alpha value is -2.02. The zero-order valence-corrected chi connectivity index (χ0v) is 9.63. The molecule has 0 aliphatic rings. The van der Waals surface area contributed by atoms with E-state index in [9.17, 15) is 4.79 Å². The Kier molecular flexibility index (Phi) is 3.90. The van der Waals surface area contributed by atoms with Gasteiger partial charge in [0.25, 0.3) is 5.91 Å². The summed E-state index contributed by atoms with van der Waals surface area (Å²) in [6.07, 6.45) is 0. The van der Waals surface area contributed by atoms with Gasteiger partial charge in [-0.1, -0.05) is 6.07 Å². The molecule has 0 heterocycles. The molecule has 0 radical (unpaired) electrons. The molecule has 0 aliphatic heterocycles. The van der Waals surface area contributed by atoms with Gasteiger partial charge in [-0.05, 0) is 31.0 Å². The van der Waals surface area contributed by atoms with E-state index in [4.69, 9.17) is 10.00 Å². The van der Waals surface area contributed by atoms with Gasteiger partial charge in [0.2, 0.25) is 0 Å². The van der Waals surface area contributed by atoms with Gasteiger partial charge in [0.05, 0.1) is 18.7 Å². The second-order valence-electron chi connectivity index (χ2n) is 3.50. The molecule has 0 bridgehead atoms. The van der Waals surface area contributed by atoms with Crippen molar-refractivity contribution in [3.63, 3.8) is 0 Å². The topological polar surface area (TPSA) is 62.1 Å². The van der Waals surface area contributed by atoms with E-state index >= 15 is 0 Å². The third-order valence-electron chi connectivity index (χ3n) is 2.20. The number of ether oxygens (including phenoxy) is 1. The van der Waals surface area contributed by atoms with E-state index in [1.165, 1.54) is 7.11 Å². The summed E-state index contributed by atoms with van der Waals surface area (Å²) in [5.41, 5.74) is 2.36. The Morgan fingerprint density at radius 2 is 2.19 bits per heavy atom. The lowest BCUT2D eigenvalue weighted by Gasteiger charge is -2.11. The van der Waals surface area contributed by atoms with E-state index in [2.05, 4.69) is 5.32 Å². The maximum Gasteiger partial charge on any atom is 0.255 e. The third-order valence-corrected chi connectivity index (χ3v) is 2.20. The van der Waals surface area contributed by atoms with Crippen molar-refractivity contribution in [1.82, 2.24) is 5.32 Å². The summed E-state index contributed by atoms with van der Waals surface area (Å²) in [6.45, 7) is 3.79. The first-order valence-corrected chi connectivity index (χ1v) is 4.90. The summed E-state index contributed by atoms with van der Waals surface area (Å²) < 4.78 is 5.19. The Morgan fingerprint density at radius 3 is 2.75 bits per heavy atom. The molecule has 1 rings (SSSR count). The van der Waals surface area contributed by atoms with Crippen molar-refractivity contribution in [2.75, 3.05) is 13.7 Å². The quantitative estimate of drug-likeness (QED) is 0.783. The molecule has 4 nitrogen and oxygen atoms in total. The van der Waals surface area contributed by atoms with Gasteiger partial charge >= 0.3 is 0 Å². The first-order valence-electron chi connectivity index (χ1n) is 4.90. The zero-order valence-electron chi connectivity index (χ0n) is 9.63. The highest BCUT2D eigenvalue weighted by molar-refractivity contribution is 5.97. The fourth-order valence-corrected chi connectivity index (χ4v) is 1.61. The van der Waals surface area contributed by atoms with Crippen molar-refractivity contribution < 1.29 is 9.53 Å². The van der Waals surface area contributed by atoms with Crippen molar-refractivity contribution in [1.29, 1.82) is 5.26 Å². The predicted molar refractivity (Wildman–Crippen MR) is 60.4 cm³/mol. The molecule has 1 aromatic rings. The Balaban J connectivity index is 3.11. The molecule has 4 heteroatoms. The smallest absolute Gasteiger partial charge is 0.255 e. The highest BCUT2D eigenvalue weighted by atomic mass is 16.5. The molecule has 0 aromatic heterocycles. The first-order chi connectivity index (χ1) is 7.60. The summed E-state index contributed by atoms with van der Waals surface area (Å²) in [5, 5.41) is 10.9. The fourth-order valence-electron chi connectivity index (χ4n) is 1.61. The van der Waals surface area contributed by atoms with Crippen LogP contribution in [0.25, 0.3) is 0 Å². The van der Waals surface area contributed by atoms with Crippen LogP contribution in [-0.2, 0) is 0 Å². The van der Waals surface area contributed by atoms with Crippen molar-refractivity contribution in [3.8, 4) is 11.8 Å². The van der Waals surface area contributed by atoms with Gasteiger partial charge in [-0.2, -0.15) is 5.26 Å². The molecule has 0 saturated carbocycles. The lowest BCUT2D eigenvalue weighted by atomic mass is 10.0. The maximum atomic E-state index is 11.7. The molecule has 84 valence electrons. The summed E-state index contributed by atoms with van der Waals surface area (Å²) in [4.78, 5) is 11.7. The Bertz CT molecular complexity index is 447. The minimum Gasteiger partial charge on any atom is -0.496 e. The SMILES string of the molecule is COc1c(C)cc(C)cc1C(=O)NCC#N. The second kappa shape index (κ2) is 5.17. The van der Waals surface area contributed by atoms with Crippen LogP contribution in [-0.4, -0.2) is 19.6 Å². The summed E-state index contributed by atoms with van der Waals surface area (Å²) in [7, 11) is 1.53. The minimum atomic E-state index is -0.287. The average Bonchev–Trinajstić information content (AvgIpc) is 2.24. The number of carbonyl (C=O) groups excluding carboxylic acids is 1. The van der Waals surface area contributed by atoms with Gasteiger partial charge in [-0.25, -0.2) is 0 Å². The van der Waals surface area contributed by atoms with Gasteiger partial charge in [0.15, 0.2) is 0 Å². The van der Waals surface area contributed by atoms with Gasteiger partial charge in [-0.15, -0.1) is 0 Å². The van der Waals surface area contributed by atoms with Crippen LogP contribution in [0.3, 0.4) is 0 Å². The summed E-state index contributed by atoms with van der Waals surface area (Å²) in [5.74, 6) is 0.270. The number of benzene rings is 1. The standard InChI is InChI=1S/C12H14N2O2/c1-8-6-9(2)11(16-3)10(7-8)12(15)14-5-4-13/h6-7H,5H2,1-3H3,(H,14,15). The van der Waals surface area contributed by atoms with E-state index in [-0.39, 0.29) is 12.5 Å². The van der Waals surface area contributed by atoms with Crippen molar-refractivity contribution in [3.05, 3.63) is 28.8 Å².